The highest BCUT2D eigenvalue weighted by Crippen LogP contribution is 2.48. The molecule has 7 nitrogen and oxygen atoms in total. The van der Waals surface area contributed by atoms with Gasteiger partial charge in [0.1, 0.15) is 12.4 Å². The Balaban J connectivity index is 1.99. The molecule has 2 aliphatic carbocycles. The predicted molar refractivity (Wildman–Crippen MR) is 62.7 cm³/mol. The van der Waals surface area contributed by atoms with Gasteiger partial charge in [0, 0.05) is 0 Å². The van der Waals surface area contributed by atoms with E-state index >= 15 is 0 Å². The second kappa shape index (κ2) is 4.93. The fraction of sp³-hybridized carbons (Fsp3) is 0.636. The number of ether oxygens (including phenoxy) is 1. The van der Waals surface area contributed by atoms with Gasteiger partial charge >= 0.3 is 11.9 Å². The molecule has 2 N–H and O–H groups in total. The van der Waals surface area contributed by atoms with Crippen LogP contribution in [0.15, 0.2) is 12.2 Å². The van der Waals surface area contributed by atoms with Gasteiger partial charge in [-0.05, 0) is 18.3 Å². The van der Waals surface area contributed by atoms with Gasteiger partial charge in [-0.15, -0.1) is 0 Å². The molecule has 1 saturated carbocycles. The number of aliphatic carboxylic acids is 1. The van der Waals surface area contributed by atoms with Crippen LogP contribution in [0.5, 0.6) is 0 Å². The highest BCUT2D eigenvalue weighted by molar-refractivity contribution is 7.85. The van der Waals surface area contributed by atoms with Gasteiger partial charge in [-0.3, -0.25) is 14.1 Å². The average Bonchev–Trinajstić information content (AvgIpc) is 2.85. The van der Waals surface area contributed by atoms with E-state index < -0.39 is 46.3 Å². The summed E-state index contributed by atoms with van der Waals surface area (Å²) in [6.07, 6.45) is 4.21. The lowest BCUT2D eigenvalue weighted by Gasteiger charge is -2.22. The number of fused-ring (bicyclic) bond motifs is 2. The van der Waals surface area contributed by atoms with E-state index in [1.807, 2.05) is 0 Å². The van der Waals surface area contributed by atoms with Crippen molar-refractivity contribution in [2.24, 2.45) is 23.7 Å². The predicted octanol–water partition coefficient (Wildman–Crippen LogP) is -0.0597. The molecule has 4 unspecified atom stereocenters. The number of hydrogen-bond acceptors (Lipinski definition) is 5. The zero-order valence-electron chi connectivity index (χ0n) is 9.93. The topological polar surface area (TPSA) is 118 Å². The van der Waals surface area contributed by atoms with Crippen LogP contribution in [-0.4, -0.2) is 42.4 Å². The van der Waals surface area contributed by atoms with E-state index in [4.69, 9.17) is 14.4 Å². The molecule has 0 radical (unpaired) electrons. The summed E-state index contributed by atoms with van der Waals surface area (Å²) in [6.45, 7) is -0.471. The van der Waals surface area contributed by atoms with Crippen molar-refractivity contribution in [1.29, 1.82) is 0 Å². The molecule has 0 heterocycles. The van der Waals surface area contributed by atoms with Gasteiger partial charge in [-0.25, -0.2) is 0 Å². The third kappa shape index (κ3) is 2.95. The van der Waals surface area contributed by atoms with Crippen LogP contribution in [0, 0.1) is 23.7 Å². The maximum atomic E-state index is 11.8. The average molecular weight is 290 g/mol. The summed E-state index contributed by atoms with van der Waals surface area (Å²) >= 11 is 0. The van der Waals surface area contributed by atoms with E-state index in [2.05, 4.69) is 0 Å². The molecule has 0 aromatic rings. The number of esters is 1. The smallest absolute Gasteiger partial charge is 0.310 e. The van der Waals surface area contributed by atoms with Crippen molar-refractivity contribution in [2.45, 2.75) is 6.42 Å². The van der Waals surface area contributed by atoms with Crippen molar-refractivity contribution in [3.63, 3.8) is 0 Å². The van der Waals surface area contributed by atoms with Gasteiger partial charge in [0.2, 0.25) is 0 Å². The molecule has 8 heteroatoms. The Morgan fingerprint density at radius 1 is 1.21 bits per heavy atom. The first-order valence-electron chi connectivity index (χ1n) is 5.82. The van der Waals surface area contributed by atoms with E-state index in [1.54, 1.807) is 12.2 Å². The minimum Gasteiger partial charge on any atom is -0.481 e. The van der Waals surface area contributed by atoms with Gasteiger partial charge in [-0.2, -0.15) is 8.42 Å². The molecule has 106 valence electrons. The fourth-order valence-corrected chi connectivity index (χ4v) is 3.12. The van der Waals surface area contributed by atoms with Gasteiger partial charge < -0.3 is 9.84 Å². The van der Waals surface area contributed by atoms with Crippen molar-refractivity contribution in [2.75, 3.05) is 12.4 Å². The summed E-state index contributed by atoms with van der Waals surface area (Å²) in [5.41, 5.74) is 0. The molecule has 4 atom stereocenters. The zero-order chi connectivity index (χ0) is 14.2. The number of carbonyl (C=O) groups is 2. The van der Waals surface area contributed by atoms with Gasteiger partial charge in [0.15, 0.2) is 0 Å². The van der Waals surface area contributed by atoms with Crippen molar-refractivity contribution in [1.82, 2.24) is 0 Å². The molecule has 2 bridgehead atoms. The monoisotopic (exact) mass is 290 g/mol. The second-order valence-electron chi connectivity index (χ2n) is 4.79. The molecule has 2 aliphatic rings. The van der Waals surface area contributed by atoms with E-state index in [1.165, 1.54) is 0 Å². The van der Waals surface area contributed by atoms with Crippen LogP contribution in [0.25, 0.3) is 0 Å². The molecule has 1 fully saturated rings. The van der Waals surface area contributed by atoms with Gasteiger partial charge in [0.05, 0.1) is 11.8 Å². The molecular formula is C11H14O7S. The molecule has 2 rings (SSSR count). The summed E-state index contributed by atoms with van der Waals surface area (Å²) in [5.74, 6) is -4.36. The third-order valence-electron chi connectivity index (χ3n) is 3.60. The minimum absolute atomic E-state index is 0.163. The van der Waals surface area contributed by atoms with Crippen molar-refractivity contribution in [3.05, 3.63) is 12.2 Å². The van der Waals surface area contributed by atoms with Crippen LogP contribution >= 0.6 is 0 Å². The molecule has 0 aliphatic heterocycles. The molecule has 19 heavy (non-hydrogen) atoms. The van der Waals surface area contributed by atoms with Crippen LogP contribution in [0.4, 0.5) is 0 Å². The van der Waals surface area contributed by atoms with E-state index in [0.717, 1.165) is 0 Å². The Morgan fingerprint density at radius 2 is 1.79 bits per heavy atom. The lowest BCUT2D eigenvalue weighted by Crippen LogP contribution is -2.34. The van der Waals surface area contributed by atoms with E-state index in [0.29, 0.717) is 6.42 Å². The van der Waals surface area contributed by atoms with E-state index in [9.17, 15) is 18.0 Å². The Hall–Kier alpha value is -1.41. The summed E-state index contributed by atoms with van der Waals surface area (Å²) in [6, 6.07) is 0. The van der Waals surface area contributed by atoms with Crippen molar-refractivity contribution < 1.29 is 32.4 Å². The van der Waals surface area contributed by atoms with Crippen LogP contribution in [-0.2, 0) is 24.4 Å². The van der Waals surface area contributed by atoms with Crippen LogP contribution in [0.2, 0.25) is 0 Å². The first kappa shape index (κ1) is 14.0. The molecular weight excluding hydrogens is 276 g/mol. The van der Waals surface area contributed by atoms with Crippen molar-refractivity contribution >= 4 is 22.1 Å². The molecule has 0 aromatic carbocycles. The van der Waals surface area contributed by atoms with E-state index in [-0.39, 0.29) is 11.8 Å². The number of carbonyl (C=O) groups excluding carboxylic acids is 1. The lowest BCUT2D eigenvalue weighted by atomic mass is 9.83. The quantitative estimate of drug-likeness (QED) is 0.413. The van der Waals surface area contributed by atoms with Gasteiger partial charge in [-0.1, -0.05) is 12.2 Å². The highest BCUT2D eigenvalue weighted by Gasteiger charge is 2.52. The van der Waals surface area contributed by atoms with Gasteiger partial charge in [0.25, 0.3) is 10.1 Å². The zero-order valence-corrected chi connectivity index (χ0v) is 10.7. The first-order chi connectivity index (χ1) is 8.79. The Morgan fingerprint density at radius 3 is 2.32 bits per heavy atom. The van der Waals surface area contributed by atoms with Crippen LogP contribution in [0.1, 0.15) is 6.42 Å². The lowest BCUT2D eigenvalue weighted by molar-refractivity contribution is -0.157. The maximum Gasteiger partial charge on any atom is 0.310 e. The molecule has 0 amide bonds. The Kier molecular flexibility index (Phi) is 3.64. The van der Waals surface area contributed by atoms with Crippen LogP contribution in [0.3, 0.4) is 0 Å². The summed E-state index contributed by atoms with van der Waals surface area (Å²) in [4.78, 5) is 23.0. The fourth-order valence-electron chi connectivity index (χ4n) is 2.82. The van der Waals surface area contributed by atoms with Crippen LogP contribution < -0.4 is 0 Å². The minimum atomic E-state index is -4.19. The largest absolute Gasteiger partial charge is 0.481 e. The Labute approximate surface area is 110 Å². The number of carboxylic acid groups (broad SMARTS) is 1. The Bertz CT molecular complexity index is 521. The highest BCUT2D eigenvalue weighted by atomic mass is 32.2. The second-order valence-corrected chi connectivity index (χ2v) is 6.36. The number of carboxylic acids is 1. The number of rotatable bonds is 5. The normalized spacial score (nSPS) is 32.5. The summed E-state index contributed by atoms with van der Waals surface area (Å²) < 4.78 is 34.3. The number of allylic oxidation sites excluding steroid dienone is 2. The molecule has 0 saturated heterocycles. The summed E-state index contributed by atoms with van der Waals surface area (Å²) in [7, 11) is -4.19. The maximum absolute atomic E-state index is 11.8. The summed E-state index contributed by atoms with van der Waals surface area (Å²) in [5, 5.41) is 9.13. The third-order valence-corrected chi connectivity index (χ3v) is 4.28. The standard InChI is InChI=1S/C11H14O7S/c12-10(13)8-6-1-2-7(5-6)9(8)11(14)18-3-4-19(15,16)17/h1-2,6-9H,3-5H2,(H,12,13)(H,15,16,17). The number of hydrogen-bond donors (Lipinski definition) is 2. The SMILES string of the molecule is O=C(O)C1C2C=CC(C2)C1C(=O)OCCS(=O)(=O)O. The molecule has 0 aromatic heterocycles. The molecule has 0 spiro atoms. The van der Waals surface area contributed by atoms with Crippen molar-refractivity contribution in [3.8, 4) is 0 Å². The first-order valence-corrected chi connectivity index (χ1v) is 7.43.